The zero-order chi connectivity index (χ0) is 13.7. The lowest BCUT2D eigenvalue weighted by Crippen LogP contribution is -2.52. The Morgan fingerprint density at radius 3 is 2.79 bits per heavy atom. The van der Waals surface area contributed by atoms with E-state index >= 15 is 0 Å². The van der Waals surface area contributed by atoms with E-state index in [1.165, 1.54) is 12.8 Å². The third kappa shape index (κ3) is 3.64. The molecule has 2 atom stereocenters. The highest BCUT2D eigenvalue weighted by Crippen LogP contribution is 2.31. The molecule has 2 aliphatic rings. The first-order valence-electron chi connectivity index (χ1n) is 7.32. The predicted octanol–water partition coefficient (Wildman–Crippen LogP) is 1.53. The van der Waals surface area contributed by atoms with E-state index in [-0.39, 0.29) is 11.3 Å². The summed E-state index contributed by atoms with van der Waals surface area (Å²) in [6.07, 6.45) is 8.39. The number of rotatable bonds is 4. The molecule has 0 radical (unpaired) electrons. The lowest BCUT2D eigenvalue weighted by molar-refractivity contribution is -0.136. The first-order chi connectivity index (χ1) is 9.20. The SMILES string of the molecule is CSC1CCCC(NC(=O)C2(CN)CCOCC2)C1. The summed E-state index contributed by atoms with van der Waals surface area (Å²) in [6.45, 7) is 1.74. The molecule has 1 aliphatic heterocycles. The number of hydrogen-bond donors (Lipinski definition) is 2. The van der Waals surface area contributed by atoms with Crippen LogP contribution in [0.1, 0.15) is 38.5 Å². The second-order valence-corrected chi connectivity index (χ2v) is 6.93. The van der Waals surface area contributed by atoms with E-state index in [1.807, 2.05) is 11.8 Å². The first-order valence-corrected chi connectivity index (χ1v) is 8.60. The van der Waals surface area contributed by atoms with Crippen molar-refractivity contribution in [1.82, 2.24) is 5.32 Å². The van der Waals surface area contributed by atoms with Gasteiger partial charge in [-0.25, -0.2) is 0 Å². The fraction of sp³-hybridized carbons (Fsp3) is 0.929. The van der Waals surface area contributed by atoms with Crippen LogP contribution in [0, 0.1) is 5.41 Å². The van der Waals surface area contributed by atoms with Crippen molar-refractivity contribution in [3.05, 3.63) is 0 Å². The normalized spacial score (nSPS) is 30.8. The molecule has 19 heavy (non-hydrogen) atoms. The van der Waals surface area contributed by atoms with E-state index < -0.39 is 0 Å². The van der Waals surface area contributed by atoms with Gasteiger partial charge in [0.15, 0.2) is 0 Å². The molecule has 2 fully saturated rings. The van der Waals surface area contributed by atoms with Crippen molar-refractivity contribution in [1.29, 1.82) is 0 Å². The molecule has 0 spiro atoms. The number of nitrogens with one attached hydrogen (secondary N) is 1. The van der Waals surface area contributed by atoms with Gasteiger partial charge in [-0.15, -0.1) is 0 Å². The Balaban J connectivity index is 1.91. The minimum Gasteiger partial charge on any atom is -0.381 e. The summed E-state index contributed by atoms with van der Waals surface area (Å²) in [4.78, 5) is 12.6. The monoisotopic (exact) mass is 286 g/mol. The zero-order valence-corrected chi connectivity index (χ0v) is 12.6. The van der Waals surface area contributed by atoms with Gasteiger partial charge in [0.05, 0.1) is 5.41 Å². The molecule has 1 heterocycles. The number of hydrogen-bond acceptors (Lipinski definition) is 4. The first kappa shape index (κ1) is 15.1. The van der Waals surface area contributed by atoms with E-state index in [9.17, 15) is 4.79 Å². The maximum Gasteiger partial charge on any atom is 0.227 e. The average molecular weight is 286 g/mol. The smallest absolute Gasteiger partial charge is 0.227 e. The minimum absolute atomic E-state index is 0.157. The van der Waals surface area contributed by atoms with Crippen molar-refractivity contribution in [2.45, 2.75) is 49.8 Å². The highest BCUT2D eigenvalue weighted by molar-refractivity contribution is 7.99. The van der Waals surface area contributed by atoms with Gasteiger partial charge in [0.2, 0.25) is 5.91 Å². The Morgan fingerprint density at radius 1 is 1.42 bits per heavy atom. The van der Waals surface area contributed by atoms with Crippen molar-refractivity contribution < 1.29 is 9.53 Å². The van der Waals surface area contributed by atoms with Crippen molar-refractivity contribution >= 4 is 17.7 Å². The van der Waals surface area contributed by atoms with E-state index in [0.717, 1.165) is 25.7 Å². The molecule has 5 heteroatoms. The second-order valence-electron chi connectivity index (χ2n) is 5.79. The van der Waals surface area contributed by atoms with Gasteiger partial charge in [0.25, 0.3) is 0 Å². The van der Waals surface area contributed by atoms with Crippen LogP contribution in [0.3, 0.4) is 0 Å². The number of amides is 1. The van der Waals surface area contributed by atoms with Gasteiger partial charge < -0.3 is 15.8 Å². The fourth-order valence-electron chi connectivity index (χ4n) is 3.11. The van der Waals surface area contributed by atoms with Gasteiger partial charge in [-0.3, -0.25) is 4.79 Å². The molecule has 4 nitrogen and oxygen atoms in total. The standard InChI is InChI=1S/C14H26N2O2S/c1-19-12-4-2-3-11(9-12)16-13(17)14(10-15)5-7-18-8-6-14/h11-12H,2-10,15H2,1H3,(H,16,17). The fourth-order valence-corrected chi connectivity index (χ4v) is 3.94. The molecule has 110 valence electrons. The summed E-state index contributed by atoms with van der Waals surface area (Å²) in [6, 6.07) is 0.338. The molecule has 1 amide bonds. The van der Waals surface area contributed by atoms with Crippen LogP contribution in [0.25, 0.3) is 0 Å². The molecule has 3 N–H and O–H groups in total. The Hall–Kier alpha value is -0.260. The summed E-state index contributed by atoms with van der Waals surface area (Å²) < 4.78 is 5.36. The lowest BCUT2D eigenvalue weighted by Gasteiger charge is -2.37. The molecule has 0 aromatic heterocycles. The number of nitrogens with two attached hydrogens (primary N) is 1. The lowest BCUT2D eigenvalue weighted by atomic mass is 9.79. The van der Waals surface area contributed by atoms with Crippen molar-refractivity contribution in [2.75, 3.05) is 26.0 Å². The summed E-state index contributed by atoms with van der Waals surface area (Å²) in [7, 11) is 0. The molecule has 0 aromatic rings. The van der Waals surface area contributed by atoms with Gasteiger partial charge in [0, 0.05) is 31.1 Å². The van der Waals surface area contributed by atoms with Crippen LogP contribution >= 0.6 is 11.8 Å². The van der Waals surface area contributed by atoms with Crippen molar-refractivity contribution in [3.63, 3.8) is 0 Å². The van der Waals surface area contributed by atoms with Gasteiger partial charge in [-0.1, -0.05) is 6.42 Å². The molecule has 1 saturated carbocycles. The topological polar surface area (TPSA) is 64.4 Å². The number of thioether (sulfide) groups is 1. The number of carbonyl (C=O) groups excluding carboxylic acids is 1. The highest BCUT2D eigenvalue weighted by Gasteiger charge is 2.39. The van der Waals surface area contributed by atoms with Crippen LogP contribution in [-0.4, -0.2) is 43.2 Å². The van der Waals surface area contributed by atoms with Gasteiger partial charge in [0.1, 0.15) is 0 Å². The van der Waals surface area contributed by atoms with Crippen LogP contribution in [0.4, 0.5) is 0 Å². The maximum atomic E-state index is 12.6. The predicted molar refractivity (Wildman–Crippen MR) is 79.2 cm³/mol. The minimum atomic E-state index is -0.384. The molecule has 1 aliphatic carbocycles. The molecule has 0 aromatic carbocycles. The largest absolute Gasteiger partial charge is 0.381 e. The van der Waals surface area contributed by atoms with Gasteiger partial charge in [-0.05, 0) is 38.4 Å². The zero-order valence-electron chi connectivity index (χ0n) is 11.8. The molecule has 1 saturated heterocycles. The quantitative estimate of drug-likeness (QED) is 0.822. The highest BCUT2D eigenvalue weighted by atomic mass is 32.2. The summed E-state index contributed by atoms with van der Waals surface area (Å²) in [5.74, 6) is 0.157. The van der Waals surface area contributed by atoms with E-state index in [0.29, 0.717) is 31.1 Å². The molecule has 2 unspecified atom stereocenters. The Kier molecular flexibility index (Phi) is 5.54. The van der Waals surface area contributed by atoms with Crippen LogP contribution in [0.15, 0.2) is 0 Å². The summed E-state index contributed by atoms with van der Waals surface area (Å²) in [5.41, 5.74) is 5.49. The maximum absolute atomic E-state index is 12.6. The van der Waals surface area contributed by atoms with E-state index in [4.69, 9.17) is 10.5 Å². The molecular formula is C14H26N2O2S. The third-order valence-electron chi connectivity index (χ3n) is 4.62. The number of ether oxygens (including phenoxy) is 1. The van der Waals surface area contributed by atoms with Gasteiger partial charge >= 0.3 is 0 Å². The molecule has 0 bridgehead atoms. The molecular weight excluding hydrogens is 260 g/mol. The van der Waals surface area contributed by atoms with Crippen molar-refractivity contribution in [2.24, 2.45) is 11.1 Å². The van der Waals surface area contributed by atoms with Crippen LogP contribution in [-0.2, 0) is 9.53 Å². The second kappa shape index (κ2) is 6.95. The van der Waals surface area contributed by atoms with Crippen LogP contribution in [0.5, 0.6) is 0 Å². The van der Waals surface area contributed by atoms with Crippen LogP contribution < -0.4 is 11.1 Å². The van der Waals surface area contributed by atoms with E-state index in [2.05, 4.69) is 11.6 Å². The number of carbonyl (C=O) groups is 1. The average Bonchev–Trinajstić information content (AvgIpc) is 2.48. The van der Waals surface area contributed by atoms with Crippen molar-refractivity contribution in [3.8, 4) is 0 Å². The molecule has 2 rings (SSSR count). The third-order valence-corrected chi connectivity index (χ3v) is 5.71. The van der Waals surface area contributed by atoms with Gasteiger partial charge in [-0.2, -0.15) is 11.8 Å². The summed E-state index contributed by atoms with van der Waals surface area (Å²) in [5, 5.41) is 3.95. The Morgan fingerprint density at radius 2 is 2.16 bits per heavy atom. The van der Waals surface area contributed by atoms with E-state index in [1.54, 1.807) is 0 Å². The Labute approximate surface area is 120 Å². The van der Waals surface area contributed by atoms with Crippen LogP contribution in [0.2, 0.25) is 0 Å². The Bertz CT molecular complexity index is 306. The summed E-state index contributed by atoms with van der Waals surface area (Å²) >= 11 is 1.92.